The van der Waals surface area contributed by atoms with E-state index in [1.807, 2.05) is 32.0 Å². The standard InChI is InChI=1S/C15H16N2O2/c1-9-3-6-12(7-10(9)2)16-15(18)13-8-14(19-17-13)11-4-5-11/h3,6-8,11H,4-5H2,1-2H3,(H,16,18). The van der Waals surface area contributed by atoms with Crippen LogP contribution in [0.25, 0.3) is 0 Å². The number of rotatable bonds is 3. The Morgan fingerprint density at radius 1 is 1.26 bits per heavy atom. The van der Waals surface area contributed by atoms with Crippen LogP contribution in [0.5, 0.6) is 0 Å². The first-order valence-electron chi connectivity index (χ1n) is 6.48. The van der Waals surface area contributed by atoms with Crippen molar-refractivity contribution < 1.29 is 9.32 Å². The number of hydrogen-bond donors (Lipinski definition) is 1. The van der Waals surface area contributed by atoms with E-state index in [9.17, 15) is 4.79 Å². The highest BCUT2D eigenvalue weighted by atomic mass is 16.5. The largest absolute Gasteiger partial charge is 0.360 e. The van der Waals surface area contributed by atoms with Crippen LogP contribution in [0.2, 0.25) is 0 Å². The molecule has 2 aromatic rings. The number of hydrogen-bond acceptors (Lipinski definition) is 3. The van der Waals surface area contributed by atoms with Crippen molar-refractivity contribution in [3.8, 4) is 0 Å². The van der Waals surface area contributed by atoms with E-state index in [1.165, 1.54) is 5.56 Å². The highest BCUT2D eigenvalue weighted by Crippen LogP contribution is 2.40. The number of aryl methyl sites for hydroxylation is 2. The normalized spacial score (nSPS) is 14.4. The molecule has 1 fully saturated rings. The van der Waals surface area contributed by atoms with E-state index in [0.29, 0.717) is 11.6 Å². The molecule has 3 rings (SSSR count). The summed E-state index contributed by atoms with van der Waals surface area (Å²) in [6.07, 6.45) is 2.26. The summed E-state index contributed by atoms with van der Waals surface area (Å²) < 4.78 is 5.18. The second-order valence-electron chi connectivity index (χ2n) is 5.14. The maximum atomic E-state index is 12.0. The summed E-state index contributed by atoms with van der Waals surface area (Å²) in [4.78, 5) is 12.0. The summed E-state index contributed by atoms with van der Waals surface area (Å²) in [7, 11) is 0. The monoisotopic (exact) mass is 256 g/mol. The number of carbonyl (C=O) groups is 1. The topological polar surface area (TPSA) is 55.1 Å². The maximum Gasteiger partial charge on any atom is 0.277 e. The van der Waals surface area contributed by atoms with E-state index in [-0.39, 0.29) is 5.91 Å². The molecule has 1 aromatic heterocycles. The molecule has 0 bridgehead atoms. The first-order valence-corrected chi connectivity index (χ1v) is 6.48. The number of amides is 1. The van der Waals surface area contributed by atoms with Gasteiger partial charge in [-0.1, -0.05) is 11.2 Å². The first-order chi connectivity index (χ1) is 9.13. The van der Waals surface area contributed by atoms with Crippen LogP contribution in [-0.4, -0.2) is 11.1 Å². The van der Waals surface area contributed by atoms with Gasteiger partial charge >= 0.3 is 0 Å². The number of nitrogens with one attached hydrogen (secondary N) is 1. The summed E-state index contributed by atoms with van der Waals surface area (Å²) >= 11 is 0. The molecule has 1 aliphatic carbocycles. The molecular weight excluding hydrogens is 240 g/mol. The molecule has 0 atom stereocenters. The molecule has 0 spiro atoms. The molecule has 19 heavy (non-hydrogen) atoms. The molecule has 1 aliphatic rings. The lowest BCUT2D eigenvalue weighted by atomic mass is 10.1. The lowest BCUT2D eigenvalue weighted by Crippen LogP contribution is -2.12. The van der Waals surface area contributed by atoms with Crippen LogP contribution >= 0.6 is 0 Å². The second kappa shape index (κ2) is 4.53. The van der Waals surface area contributed by atoms with Gasteiger partial charge in [0, 0.05) is 17.7 Å². The van der Waals surface area contributed by atoms with Gasteiger partial charge in [0.2, 0.25) is 0 Å². The zero-order chi connectivity index (χ0) is 13.4. The number of carbonyl (C=O) groups excluding carboxylic acids is 1. The van der Waals surface area contributed by atoms with Crippen molar-refractivity contribution >= 4 is 11.6 Å². The van der Waals surface area contributed by atoms with Crippen molar-refractivity contribution in [2.75, 3.05) is 5.32 Å². The Morgan fingerprint density at radius 3 is 2.74 bits per heavy atom. The zero-order valence-corrected chi connectivity index (χ0v) is 11.1. The fraction of sp³-hybridized carbons (Fsp3) is 0.333. The highest BCUT2D eigenvalue weighted by molar-refractivity contribution is 6.02. The molecule has 1 N–H and O–H groups in total. The van der Waals surface area contributed by atoms with E-state index in [2.05, 4.69) is 10.5 Å². The Labute approximate surface area is 111 Å². The van der Waals surface area contributed by atoms with Crippen LogP contribution in [-0.2, 0) is 0 Å². The van der Waals surface area contributed by atoms with Crippen molar-refractivity contribution in [2.45, 2.75) is 32.6 Å². The van der Waals surface area contributed by atoms with Gasteiger partial charge in [-0.25, -0.2) is 0 Å². The highest BCUT2D eigenvalue weighted by Gasteiger charge is 2.28. The predicted octanol–water partition coefficient (Wildman–Crippen LogP) is 3.42. The molecule has 98 valence electrons. The van der Waals surface area contributed by atoms with Gasteiger partial charge in [0.05, 0.1) is 0 Å². The van der Waals surface area contributed by atoms with E-state index in [0.717, 1.165) is 29.9 Å². The molecule has 1 aromatic carbocycles. The zero-order valence-electron chi connectivity index (χ0n) is 11.1. The van der Waals surface area contributed by atoms with Gasteiger partial charge in [0.15, 0.2) is 5.69 Å². The number of anilines is 1. The van der Waals surface area contributed by atoms with E-state index in [4.69, 9.17) is 4.52 Å². The van der Waals surface area contributed by atoms with Gasteiger partial charge < -0.3 is 9.84 Å². The fourth-order valence-corrected chi connectivity index (χ4v) is 1.97. The van der Waals surface area contributed by atoms with Gasteiger partial charge in [-0.05, 0) is 49.9 Å². The van der Waals surface area contributed by atoms with Crippen LogP contribution in [0.4, 0.5) is 5.69 Å². The van der Waals surface area contributed by atoms with Gasteiger partial charge in [-0.15, -0.1) is 0 Å². The molecule has 1 saturated carbocycles. The Morgan fingerprint density at radius 2 is 2.05 bits per heavy atom. The van der Waals surface area contributed by atoms with Crippen molar-refractivity contribution in [1.29, 1.82) is 0 Å². The quantitative estimate of drug-likeness (QED) is 0.915. The third-order valence-electron chi connectivity index (χ3n) is 3.51. The van der Waals surface area contributed by atoms with Crippen molar-refractivity contribution in [1.82, 2.24) is 5.16 Å². The predicted molar refractivity (Wildman–Crippen MR) is 72.3 cm³/mol. The van der Waals surface area contributed by atoms with E-state index >= 15 is 0 Å². The molecule has 0 saturated heterocycles. The van der Waals surface area contributed by atoms with Gasteiger partial charge in [-0.2, -0.15) is 0 Å². The number of nitrogens with zero attached hydrogens (tertiary/aromatic N) is 1. The van der Waals surface area contributed by atoms with Crippen LogP contribution in [0.3, 0.4) is 0 Å². The van der Waals surface area contributed by atoms with Gasteiger partial charge in [0.1, 0.15) is 5.76 Å². The minimum absolute atomic E-state index is 0.223. The van der Waals surface area contributed by atoms with Gasteiger partial charge in [-0.3, -0.25) is 4.79 Å². The lowest BCUT2D eigenvalue weighted by molar-refractivity contribution is 0.101. The Balaban J connectivity index is 1.74. The molecule has 0 unspecified atom stereocenters. The van der Waals surface area contributed by atoms with Crippen LogP contribution in [0.15, 0.2) is 28.8 Å². The summed E-state index contributed by atoms with van der Waals surface area (Å²) in [6, 6.07) is 7.58. The summed E-state index contributed by atoms with van der Waals surface area (Å²) in [5.41, 5.74) is 3.48. The average molecular weight is 256 g/mol. The summed E-state index contributed by atoms with van der Waals surface area (Å²) in [5.74, 6) is 1.07. The fourth-order valence-electron chi connectivity index (χ4n) is 1.97. The van der Waals surface area contributed by atoms with Crippen molar-refractivity contribution in [3.63, 3.8) is 0 Å². The molecular formula is C15H16N2O2. The Bertz CT molecular complexity index is 627. The molecule has 1 amide bonds. The minimum Gasteiger partial charge on any atom is -0.360 e. The van der Waals surface area contributed by atoms with Crippen molar-refractivity contribution in [2.24, 2.45) is 0 Å². The van der Waals surface area contributed by atoms with Crippen LogP contribution in [0.1, 0.15) is 46.1 Å². The Hall–Kier alpha value is -2.10. The molecule has 4 heteroatoms. The van der Waals surface area contributed by atoms with Crippen LogP contribution in [0, 0.1) is 13.8 Å². The molecule has 0 aliphatic heterocycles. The third-order valence-corrected chi connectivity index (χ3v) is 3.51. The third kappa shape index (κ3) is 2.52. The molecule has 4 nitrogen and oxygen atoms in total. The molecule has 1 heterocycles. The average Bonchev–Trinajstić information content (AvgIpc) is 3.11. The minimum atomic E-state index is -0.223. The van der Waals surface area contributed by atoms with E-state index < -0.39 is 0 Å². The summed E-state index contributed by atoms with van der Waals surface area (Å²) in [5, 5.41) is 6.66. The van der Waals surface area contributed by atoms with Gasteiger partial charge in [0.25, 0.3) is 5.91 Å². The van der Waals surface area contributed by atoms with Crippen molar-refractivity contribution in [3.05, 3.63) is 46.8 Å². The first kappa shape index (κ1) is 12.0. The second-order valence-corrected chi connectivity index (χ2v) is 5.14. The van der Waals surface area contributed by atoms with E-state index in [1.54, 1.807) is 6.07 Å². The Kier molecular flexibility index (Phi) is 2.85. The summed E-state index contributed by atoms with van der Waals surface area (Å²) in [6.45, 7) is 4.06. The number of benzene rings is 1. The smallest absolute Gasteiger partial charge is 0.277 e. The number of aromatic nitrogens is 1. The molecule has 0 radical (unpaired) electrons. The SMILES string of the molecule is Cc1ccc(NC(=O)c2cc(C3CC3)on2)cc1C. The maximum absolute atomic E-state index is 12.0. The lowest BCUT2D eigenvalue weighted by Gasteiger charge is -2.05. The van der Waals surface area contributed by atoms with Crippen LogP contribution < -0.4 is 5.32 Å².